The van der Waals surface area contributed by atoms with Gasteiger partial charge >= 0.3 is 0 Å². The normalized spacial score (nSPS) is 13.3. The van der Waals surface area contributed by atoms with Crippen molar-refractivity contribution in [3.63, 3.8) is 0 Å². The molecule has 0 fully saturated rings. The second-order valence-corrected chi connectivity index (χ2v) is 22.1. The Bertz CT molecular complexity index is 663. The number of hydrogen-bond acceptors (Lipinski definition) is 5. The van der Waals surface area contributed by atoms with E-state index in [4.69, 9.17) is 14.6 Å². The molecule has 0 radical (unpaired) electrons. The molecule has 0 aliphatic rings. The average molecular weight is 510 g/mol. The summed E-state index contributed by atoms with van der Waals surface area (Å²) in [6.07, 6.45) is 3.43. The summed E-state index contributed by atoms with van der Waals surface area (Å²) in [6, 6.07) is 8.82. The van der Waals surface area contributed by atoms with Crippen LogP contribution in [0.2, 0.25) is 36.3 Å². The Morgan fingerprint density at radius 2 is 1.24 bits per heavy atom. The van der Waals surface area contributed by atoms with Gasteiger partial charge in [0.05, 0.1) is 13.2 Å². The van der Waals surface area contributed by atoms with Gasteiger partial charge in [-0.1, -0.05) is 48.0 Å². The third-order valence-electron chi connectivity index (χ3n) is 7.70. The second-order valence-electron chi connectivity index (χ2n) is 12.5. The molecule has 0 spiro atoms. The molecule has 0 aromatic heterocycles. The Morgan fingerprint density at radius 3 is 1.65 bits per heavy atom. The van der Waals surface area contributed by atoms with Gasteiger partial charge in [0.25, 0.3) is 0 Å². The van der Waals surface area contributed by atoms with E-state index in [0.717, 1.165) is 52.2 Å². The van der Waals surface area contributed by atoms with Crippen LogP contribution in [0.5, 0.6) is 0 Å². The van der Waals surface area contributed by atoms with Gasteiger partial charge in [0, 0.05) is 31.0 Å². The molecule has 0 amide bonds. The van der Waals surface area contributed by atoms with E-state index in [2.05, 4.69) is 102 Å². The monoisotopic (exact) mass is 509 g/mol. The Kier molecular flexibility index (Phi) is 12.3. The summed E-state index contributed by atoms with van der Waals surface area (Å²) in [4.78, 5) is 2.42. The zero-order valence-corrected chi connectivity index (χ0v) is 26.0. The molecule has 1 aromatic rings. The summed E-state index contributed by atoms with van der Waals surface area (Å²) in [5.41, 5.74) is 7.99. The van der Waals surface area contributed by atoms with Gasteiger partial charge in [-0.2, -0.15) is 0 Å². The van der Waals surface area contributed by atoms with Crippen LogP contribution in [0.15, 0.2) is 24.3 Å². The first-order valence-electron chi connectivity index (χ1n) is 13.2. The van der Waals surface area contributed by atoms with Crippen molar-refractivity contribution in [1.29, 1.82) is 0 Å². The topological polar surface area (TPSA) is 59.8 Å². The molecular weight excluding hydrogens is 454 g/mol. The third-order valence-corrected chi connectivity index (χ3v) is 16.8. The number of benzene rings is 1. The van der Waals surface area contributed by atoms with E-state index < -0.39 is 16.6 Å². The van der Waals surface area contributed by atoms with Crippen molar-refractivity contribution in [2.45, 2.75) is 97.1 Å². The van der Waals surface area contributed by atoms with Crippen molar-refractivity contribution in [1.82, 2.24) is 0 Å². The first-order valence-corrected chi connectivity index (χ1v) is 19.0. The predicted molar refractivity (Wildman–Crippen MR) is 156 cm³/mol. The minimum absolute atomic E-state index is 0.223. The van der Waals surface area contributed by atoms with Crippen LogP contribution in [0.4, 0.5) is 11.4 Å². The lowest BCUT2D eigenvalue weighted by Crippen LogP contribution is -2.44. The van der Waals surface area contributed by atoms with Crippen LogP contribution in [-0.4, -0.2) is 56.0 Å². The standard InChI is InChI=1S/C27H55N3O2Si2/c1-26(2,3)33(7,8)31-22-20-30(21-23-32-34(9,10)27(4,5)6)25-16-14-24(15-17-25)29-19-13-11-12-18-28/h14-17,29H,11-13,18-23,28H2,1-10H3. The fraction of sp³-hybridized carbons (Fsp3) is 0.778. The van der Waals surface area contributed by atoms with Gasteiger partial charge in [-0.3, -0.25) is 0 Å². The Balaban J connectivity index is 2.80. The SMILES string of the molecule is CC(C)(C)[Si](C)(C)OCCN(CCO[Si](C)(C)C(C)(C)C)c1ccc(NCCCCCN)cc1. The lowest BCUT2D eigenvalue weighted by atomic mass is 10.2. The van der Waals surface area contributed by atoms with E-state index in [1.54, 1.807) is 0 Å². The molecule has 0 heterocycles. The Morgan fingerprint density at radius 1 is 0.765 bits per heavy atom. The van der Waals surface area contributed by atoms with Crippen LogP contribution in [0.3, 0.4) is 0 Å². The highest BCUT2D eigenvalue weighted by molar-refractivity contribution is 6.74. The van der Waals surface area contributed by atoms with Crippen molar-refractivity contribution < 1.29 is 8.85 Å². The number of nitrogens with two attached hydrogens (primary N) is 1. The van der Waals surface area contributed by atoms with E-state index >= 15 is 0 Å². The molecule has 0 atom stereocenters. The highest BCUT2D eigenvalue weighted by Gasteiger charge is 2.38. The molecule has 34 heavy (non-hydrogen) atoms. The fourth-order valence-corrected chi connectivity index (χ4v) is 5.16. The molecule has 0 saturated carbocycles. The minimum atomic E-state index is -1.76. The number of hydrogen-bond donors (Lipinski definition) is 2. The molecule has 1 aromatic carbocycles. The van der Waals surface area contributed by atoms with Gasteiger partial charge < -0.3 is 24.8 Å². The fourth-order valence-electron chi connectivity index (χ4n) is 3.09. The lowest BCUT2D eigenvalue weighted by Gasteiger charge is -2.38. The Labute approximate surface area is 213 Å². The first kappa shape index (κ1) is 31.2. The number of nitrogens with one attached hydrogen (secondary N) is 1. The summed E-state index contributed by atoms with van der Waals surface area (Å²) in [5, 5.41) is 3.98. The molecule has 7 heteroatoms. The van der Waals surface area contributed by atoms with Crippen LogP contribution in [0.1, 0.15) is 60.8 Å². The smallest absolute Gasteiger partial charge is 0.192 e. The first-order chi connectivity index (χ1) is 15.6. The predicted octanol–water partition coefficient (Wildman–Crippen LogP) is 7.08. The molecule has 0 bridgehead atoms. The maximum Gasteiger partial charge on any atom is 0.192 e. The lowest BCUT2D eigenvalue weighted by molar-refractivity contribution is 0.276. The summed E-state index contributed by atoms with van der Waals surface area (Å²) in [7, 11) is -3.52. The molecule has 1 rings (SSSR count). The van der Waals surface area contributed by atoms with E-state index in [1.807, 2.05) is 0 Å². The number of nitrogens with zero attached hydrogens (tertiary/aromatic N) is 1. The third kappa shape index (κ3) is 10.4. The maximum atomic E-state index is 6.50. The van der Waals surface area contributed by atoms with Gasteiger partial charge in [0.15, 0.2) is 16.6 Å². The minimum Gasteiger partial charge on any atom is -0.415 e. The van der Waals surface area contributed by atoms with Crippen molar-refractivity contribution in [3.8, 4) is 0 Å². The number of anilines is 2. The zero-order valence-electron chi connectivity index (χ0n) is 24.0. The van der Waals surface area contributed by atoms with Crippen LogP contribution >= 0.6 is 0 Å². The van der Waals surface area contributed by atoms with Crippen LogP contribution in [-0.2, 0) is 8.85 Å². The highest BCUT2D eigenvalue weighted by Crippen LogP contribution is 2.37. The van der Waals surface area contributed by atoms with E-state index in [0.29, 0.717) is 0 Å². The second kappa shape index (κ2) is 13.4. The zero-order chi connectivity index (χ0) is 26.0. The van der Waals surface area contributed by atoms with Crippen molar-refractivity contribution in [2.75, 3.05) is 49.6 Å². The quantitative estimate of drug-likeness (QED) is 0.195. The van der Waals surface area contributed by atoms with Gasteiger partial charge in [-0.05, 0) is 79.9 Å². The van der Waals surface area contributed by atoms with Gasteiger partial charge in [0.1, 0.15) is 0 Å². The van der Waals surface area contributed by atoms with Crippen LogP contribution < -0.4 is 16.0 Å². The van der Waals surface area contributed by atoms with Crippen molar-refractivity contribution in [3.05, 3.63) is 24.3 Å². The van der Waals surface area contributed by atoms with Crippen LogP contribution in [0, 0.1) is 0 Å². The molecule has 5 nitrogen and oxygen atoms in total. The molecular formula is C27H55N3O2Si2. The van der Waals surface area contributed by atoms with Crippen LogP contribution in [0.25, 0.3) is 0 Å². The van der Waals surface area contributed by atoms with E-state index in [9.17, 15) is 0 Å². The number of rotatable bonds is 15. The highest BCUT2D eigenvalue weighted by atomic mass is 28.4. The summed E-state index contributed by atoms with van der Waals surface area (Å²) in [5.74, 6) is 0. The molecule has 0 aliphatic carbocycles. The molecule has 0 aliphatic heterocycles. The molecule has 3 N–H and O–H groups in total. The van der Waals surface area contributed by atoms with E-state index in [-0.39, 0.29) is 10.1 Å². The van der Waals surface area contributed by atoms with Gasteiger partial charge in [-0.25, -0.2) is 0 Å². The summed E-state index contributed by atoms with van der Waals surface area (Å²) >= 11 is 0. The summed E-state index contributed by atoms with van der Waals surface area (Å²) < 4.78 is 13.0. The van der Waals surface area contributed by atoms with Crippen molar-refractivity contribution in [2.24, 2.45) is 5.73 Å². The van der Waals surface area contributed by atoms with Crippen molar-refractivity contribution >= 4 is 28.0 Å². The van der Waals surface area contributed by atoms with Gasteiger partial charge in [-0.15, -0.1) is 0 Å². The number of unbranched alkanes of at least 4 members (excludes halogenated alkanes) is 2. The summed E-state index contributed by atoms with van der Waals surface area (Å²) in [6.45, 7) is 28.1. The Hall–Kier alpha value is -0.866. The molecule has 0 unspecified atom stereocenters. The maximum absolute atomic E-state index is 6.50. The molecule has 198 valence electrons. The molecule has 0 saturated heterocycles. The average Bonchev–Trinajstić information content (AvgIpc) is 2.71. The van der Waals surface area contributed by atoms with Gasteiger partial charge in [0.2, 0.25) is 0 Å². The van der Waals surface area contributed by atoms with E-state index in [1.165, 1.54) is 17.8 Å². The largest absolute Gasteiger partial charge is 0.415 e.